The summed E-state index contributed by atoms with van der Waals surface area (Å²) in [4.78, 5) is 12.0. The minimum atomic E-state index is -3.04. The van der Waals surface area contributed by atoms with Gasteiger partial charge >= 0.3 is 0 Å². The van der Waals surface area contributed by atoms with Gasteiger partial charge in [0.2, 0.25) is 5.91 Å². The molecule has 1 saturated heterocycles. The Balaban J connectivity index is 1.80. The Morgan fingerprint density at radius 3 is 2.85 bits per heavy atom. The van der Waals surface area contributed by atoms with Crippen LogP contribution in [0.2, 0.25) is 0 Å². The Bertz CT molecular complexity index is 994. The van der Waals surface area contributed by atoms with Crippen molar-refractivity contribution in [3.05, 3.63) is 28.7 Å². The predicted molar refractivity (Wildman–Crippen MR) is 100 cm³/mol. The number of nitrogens with zero attached hydrogens (tertiary/aromatic N) is 3. The van der Waals surface area contributed by atoms with Gasteiger partial charge in [0.15, 0.2) is 9.84 Å². The summed E-state index contributed by atoms with van der Waals surface area (Å²) in [5.74, 6) is 1.18. The fourth-order valence-electron chi connectivity index (χ4n) is 3.98. The van der Waals surface area contributed by atoms with Gasteiger partial charge < -0.3 is 5.32 Å². The van der Waals surface area contributed by atoms with Gasteiger partial charge in [-0.15, -0.1) is 11.8 Å². The zero-order chi connectivity index (χ0) is 18.7. The smallest absolute Gasteiger partial charge is 0.235 e. The summed E-state index contributed by atoms with van der Waals surface area (Å²) in [6.45, 7) is 5.87. The number of rotatable bonds is 2. The predicted octanol–water partition coefficient (Wildman–Crippen LogP) is 1.53. The van der Waals surface area contributed by atoms with E-state index in [2.05, 4.69) is 15.5 Å². The van der Waals surface area contributed by atoms with Crippen molar-refractivity contribution in [2.45, 2.75) is 38.0 Å². The fourth-order valence-corrected chi connectivity index (χ4v) is 7.34. The molecule has 0 spiro atoms. The van der Waals surface area contributed by atoms with Gasteiger partial charge in [0.1, 0.15) is 5.82 Å². The number of aryl methyl sites for hydroxylation is 1. The molecular formula is C16H21N5O3S2. The van der Waals surface area contributed by atoms with E-state index < -0.39 is 15.4 Å². The van der Waals surface area contributed by atoms with E-state index in [1.807, 2.05) is 25.5 Å². The second-order valence-corrected chi connectivity index (χ2v) is 10.6. The first kappa shape index (κ1) is 17.6. The number of carbonyl (C=O) groups excluding carboxylic acids is 1. The number of sulfone groups is 1. The van der Waals surface area contributed by atoms with E-state index in [-0.39, 0.29) is 22.7 Å². The lowest BCUT2D eigenvalue weighted by atomic mass is 10.0. The molecule has 1 amide bonds. The Kier molecular flexibility index (Phi) is 3.96. The number of hydrogen-bond acceptors (Lipinski definition) is 6. The Morgan fingerprint density at radius 2 is 2.15 bits per heavy atom. The van der Waals surface area contributed by atoms with Crippen LogP contribution in [0.25, 0.3) is 0 Å². The maximum Gasteiger partial charge on any atom is 0.235 e. The molecular weight excluding hydrogens is 374 g/mol. The summed E-state index contributed by atoms with van der Waals surface area (Å²) in [5, 5.41) is 14.4. The third-order valence-corrected chi connectivity index (χ3v) is 8.34. The normalized spacial score (nSPS) is 27.8. The largest absolute Gasteiger partial charge is 0.310 e. The van der Waals surface area contributed by atoms with Crippen molar-refractivity contribution in [3.8, 4) is 0 Å². The third kappa shape index (κ3) is 2.75. The molecule has 2 aromatic rings. The maximum atomic E-state index is 12.0. The minimum Gasteiger partial charge on any atom is -0.310 e. The first-order chi connectivity index (χ1) is 12.2. The maximum absolute atomic E-state index is 12.0. The van der Waals surface area contributed by atoms with Gasteiger partial charge in [0, 0.05) is 16.8 Å². The highest BCUT2D eigenvalue weighted by atomic mass is 32.2. The van der Waals surface area contributed by atoms with E-state index in [1.165, 1.54) is 11.8 Å². The second kappa shape index (κ2) is 5.85. The van der Waals surface area contributed by atoms with Crippen LogP contribution in [0.1, 0.15) is 41.1 Å². The Hall–Kier alpha value is -1.81. The van der Waals surface area contributed by atoms with Crippen molar-refractivity contribution in [1.82, 2.24) is 20.0 Å². The van der Waals surface area contributed by atoms with Crippen LogP contribution in [-0.4, -0.2) is 51.6 Å². The van der Waals surface area contributed by atoms with Crippen LogP contribution in [-0.2, 0) is 20.2 Å². The van der Waals surface area contributed by atoms with E-state index in [4.69, 9.17) is 5.10 Å². The van der Waals surface area contributed by atoms with Gasteiger partial charge in [-0.3, -0.25) is 14.6 Å². The Labute approximate surface area is 156 Å². The molecule has 140 valence electrons. The average molecular weight is 396 g/mol. The lowest BCUT2D eigenvalue weighted by molar-refractivity contribution is -0.113. The van der Waals surface area contributed by atoms with E-state index in [0.29, 0.717) is 18.0 Å². The number of amides is 1. The number of anilines is 1. The lowest BCUT2D eigenvalue weighted by Crippen LogP contribution is -2.33. The number of thioether (sulfide) groups is 1. The monoisotopic (exact) mass is 395 g/mol. The van der Waals surface area contributed by atoms with Crippen LogP contribution >= 0.6 is 11.8 Å². The van der Waals surface area contributed by atoms with Gasteiger partial charge in [-0.05, 0) is 27.2 Å². The van der Waals surface area contributed by atoms with Crippen molar-refractivity contribution < 1.29 is 13.2 Å². The first-order valence-corrected chi connectivity index (χ1v) is 11.3. The summed E-state index contributed by atoms with van der Waals surface area (Å²) < 4.78 is 25.9. The van der Waals surface area contributed by atoms with Gasteiger partial charge in [0.25, 0.3) is 0 Å². The quantitative estimate of drug-likeness (QED) is 0.798. The standard InChI is InChI=1S/C16H21N5O3S2/c1-9-13(14-11-6-17-19-15(11)18-12(22)7-25-14)10(2)21(20-9)16(3)4-5-26(23,24)8-16/h6,14H,4-5,7-8H2,1-3H3,(H2,17,18,19,22)/t14-,16+/m0/s1. The molecule has 4 heterocycles. The molecule has 0 aliphatic carbocycles. The number of fused-ring (bicyclic) bond motifs is 1. The molecule has 2 N–H and O–H groups in total. The summed E-state index contributed by atoms with van der Waals surface area (Å²) in [5.41, 5.74) is 3.21. The van der Waals surface area contributed by atoms with Crippen molar-refractivity contribution in [3.63, 3.8) is 0 Å². The number of carbonyl (C=O) groups is 1. The second-order valence-electron chi connectivity index (χ2n) is 7.27. The minimum absolute atomic E-state index is 0.0699. The molecule has 8 nitrogen and oxygen atoms in total. The molecule has 0 unspecified atom stereocenters. The van der Waals surface area contributed by atoms with Gasteiger partial charge in [-0.2, -0.15) is 10.2 Å². The van der Waals surface area contributed by atoms with E-state index in [0.717, 1.165) is 22.5 Å². The highest BCUT2D eigenvalue weighted by Gasteiger charge is 2.42. The molecule has 2 aliphatic heterocycles. The summed E-state index contributed by atoms with van der Waals surface area (Å²) in [7, 11) is -3.04. The highest BCUT2D eigenvalue weighted by Crippen LogP contribution is 2.44. The van der Waals surface area contributed by atoms with Crippen LogP contribution in [0.3, 0.4) is 0 Å². The molecule has 2 atom stereocenters. The van der Waals surface area contributed by atoms with Crippen LogP contribution in [0, 0.1) is 13.8 Å². The molecule has 2 aliphatic rings. The third-order valence-electron chi connectivity index (χ3n) is 5.20. The summed E-state index contributed by atoms with van der Waals surface area (Å²) >= 11 is 1.53. The topological polar surface area (TPSA) is 110 Å². The highest BCUT2D eigenvalue weighted by molar-refractivity contribution is 8.00. The van der Waals surface area contributed by atoms with Crippen molar-refractivity contribution in [1.29, 1.82) is 0 Å². The number of nitrogens with one attached hydrogen (secondary N) is 2. The molecule has 0 aromatic carbocycles. The average Bonchev–Trinajstić information content (AvgIpc) is 3.17. The fraction of sp³-hybridized carbons (Fsp3) is 0.562. The zero-order valence-corrected chi connectivity index (χ0v) is 16.5. The number of H-pyrrole nitrogens is 1. The molecule has 10 heteroatoms. The number of aromatic amines is 1. The van der Waals surface area contributed by atoms with Crippen LogP contribution in [0.4, 0.5) is 5.82 Å². The van der Waals surface area contributed by atoms with E-state index in [1.54, 1.807) is 6.20 Å². The first-order valence-electron chi connectivity index (χ1n) is 8.42. The lowest BCUT2D eigenvalue weighted by Gasteiger charge is -2.25. The van der Waals surface area contributed by atoms with Crippen molar-refractivity contribution >= 4 is 33.3 Å². The van der Waals surface area contributed by atoms with Gasteiger partial charge in [0.05, 0.1) is 39.9 Å². The number of aromatic nitrogens is 4. The summed E-state index contributed by atoms with van der Waals surface area (Å²) in [6.07, 6.45) is 2.29. The van der Waals surface area contributed by atoms with E-state index >= 15 is 0 Å². The van der Waals surface area contributed by atoms with Crippen molar-refractivity contribution in [2.24, 2.45) is 0 Å². The van der Waals surface area contributed by atoms with Crippen LogP contribution in [0.15, 0.2) is 6.20 Å². The van der Waals surface area contributed by atoms with Crippen LogP contribution < -0.4 is 5.32 Å². The van der Waals surface area contributed by atoms with Crippen molar-refractivity contribution in [2.75, 3.05) is 22.6 Å². The molecule has 0 bridgehead atoms. The number of hydrogen-bond donors (Lipinski definition) is 2. The van der Waals surface area contributed by atoms with Crippen LogP contribution in [0.5, 0.6) is 0 Å². The molecule has 0 radical (unpaired) electrons. The molecule has 2 aromatic heterocycles. The van der Waals surface area contributed by atoms with Gasteiger partial charge in [-0.25, -0.2) is 8.42 Å². The Morgan fingerprint density at radius 1 is 1.38 bits per heavy atom. The molecule has 1 fully saturated rings. The molecule has 0 saturated carbocycles. The molecule has 4 rings (SSSR count). The summed E-state index contributed by atoms with van der Waals surface area (Å²) in [6, 6.07) is 0. The zero-order valence-electron chi connectivity index (χ0n) is 14.9. The van der Waals surface area contributed by atoms with E-state index in [9.17, 15) is 13.2 Å². The molecule has 26 heavy (non-hydrogen) atoms. The SMILES string of the molecule is Cc1nn([C@]2(C)CCS(=O)(=O)C2)c(C)c1[C@H]1SCC(=O)Nc2[nH]ncc21. The van der Waals surface area contributed by atoms with Gasteiger partial charge in [-0.1, -0.05) is 0 Å².